The predicted molar refractivity (Wildman–Crippen MR) is 78.9 cm³/mol. The minimum Gasteiger partial charge on any atom is -0.466 e. The Morgan fingerprint density at radius 2 is 2.11 bits per heavy atom. The van der Waals surface area contributed by atoms with Crippen molar-refractivity contribution in [2.24, 2.45) is 5.92 Å². The number of hydrogen-bond donors (Lipinski definition) is 1. The molecule has 19 heavy (non-hydrogen) atoms. The van der Waals surface area contributed by atoms with Gasteiger partial charge in [-0.2, -0.15) is 0 Å². The van der Waals surface area contributed by atoms with Crippen molar-refractivity contribution in [2.75, 3.05) is 6.61 Å². The zero-order valence-corrected chi connectivity index (χ0v) is 13.2. The van der Waals surface area contributed by atoms with E-state index >= 15 is 0 Å². The molecule has 0 saturated carbocycles. The molecule has 1 aromatic carbocycles. The molecule has 0 aliphatic carbocycles. The van der Waals surface area contributed by atoms with E-state index in [-0.39, 0.29) is 5.97 Å². The molecule has 106 valence electrons. The van der Waals surface area contributed by atoms with E-state index in [9.17, 15) is 9.90 Å². The minimum absolute atomic E-state index is 0.325. The van der Waals surface area contributed by atoms with Crippen LogP contribution in [0.25, 0.3) is 0 Å². The van der Waals surface area contributed by atoms with E-state index in [4.69, 9.17) is 4.74 Å². The lowest BCUT2D eigenvalue weighted by molar-refractivity contribution is -0.152. The molecule has 1 N–H and O–H groups in total. The second-order valence-electron chi connectivity index (χ2n) is 4.60. The first-order valence-electron chi connectivity index (χ1n) is 6.62. The fraction of sp³-hybridized carbons (Fsp3) is 0.533. The fourth-order valence-corrected chi connectivity index (χ4v) is 2.39. The highest BCUT2D eigenvalue weighted by atomic mass is 79.9. The van der Waals surface area contributed by atoms with Gasteiger partial charge in [-0.3, -0.25) is 4.79 Å². The summed E-state index contributed by atoms with van der Waals surface area (Å²) in [6, 6.07) is 5.64. The molecular weight excluding hydrogens is 308 g/mol. The summed E-state index contributed by atoms with van der Waals surface area (Å²) in [6.45, 7) is 6.08. The van der Waals surface area contributed by atoms with Gasteiger partial charge in [-0.15, -0.1) is 0 Å². The Labute approximate surface area is 123 Å². The third kappa shape index (κ3) is 4.32. The van der Waals surface area contributed by atoms with Crippen LogP contribution in [0.15, 0.2) is 22.7 Å². The normalized spacial score (nSPS) is 13.9. The topological polar surface area (TPSA) is 46.5 Å². The Morgan fingerprint density at radius 3 is 2.63 bits per heavy atom. The second-order valence-corrected chi connectivity index (χ2v) is 5.46. The van der Waals surface area contributed by atoms with Crippen LogP contribution in [0.1, 0.15) is 43.9 Å². The van der Waals surface area contributed by atoms with Crippen molar-refractivity contribution in [2.45, 2.75) is 39.7 Å². The van der Waals surface area contributed by atoms with E-state index in [1.54, 1.807) is 6.92 Å². The quantitative estimate of drug-likeness (QED) is 0.808. The first-order chi connectivity index (χ1) is 9.01. The molecule has 0 amide bonds. The van der Waals surface area contributed by atoms with Crippen LogP contribution in [0, 0.1) is 12.8 Å². The van der Waals surface area contributed by atoms with Gasteiger partial charge >= 0.3 is 5.97 Å². The van der Waals surface area contributed by atoms with Gasteiger partial charge in [-0.1, -0.05) is 41.4 Å². The summed E-state index contributed by atoms with van der Waals surface area (Å²) in [5, 5.41) is 10.4. The summed E-state index contributed by atoms with van der Waals surface area (Å²) in [5.41, 5.74) is 1.84. The van der Waals surface area contributed by atoms with Gasteiger partial charge in [0.15, 0.2) is 0 Å². The SMILES string of the molecule is CCCC(C(=O)OCC)C(O)c1ccc(C)c(Br)c1. The number of benzene rings is 1. The van der Waals surface area contributed by atoms with Crippen molar-refractivity contribution in [1.82, 2.24) is 0 Å². The van der Waals surface area contributed by atoms with E-state index in [0.717, 1.165) is 22.0 Å². The first-order valence-corrected chi connectivity index (χ1v) is 7.41. The van der Waals surface area contributed by atoms with Crippen LogP contribution in [0.2, 0.25) is 0 Å². The van der Waals surface area contributed by atoms with Crippen molar-refractivity contribution in [3.05, 3.63) is 33.8 Å². The van der Waals surface area contributed by atoms with E-state index < -0.39 is 12.0 Å². The molecule has 0 spiro atoms. The lowest BCUT2D eigenvalue weighted by atomic mass is 9.91. The molecule has 0 saturated heterocycles. The number of aliphatic hydroxyl groups excluding tert-OH is 1. The molecule has 0 aromatic heterocycles. The van der Waals surface area contributed by atoms with Crippen molar-refractivity contribution in [3.63, 3.8) is 0 Å². The smallest absolute Gasteiger partial charge is 0.311 e. The van der Waals surface area contributed by atoms with Gasteiger partial charge in [0, 0.05) is 4.47 Å². The lowest BCUT2D eigenvalue weighted by Gasteiger charge is -2.21. The molecule has 0 aliphatic heterocycles. The predicted octanol–water partition coefficient (Wildman–Crippen LogP) is 3.77. The van der Waals surface area contributed by atoms with Crippen molar-refractivity contribution < 1.29 is 14.6 Å². The molecule has 0 heterocycles. The van der Waals surface area contributed by atoms with E-state index in [1.165, 1.54) is 0 Å². The van der Waals surface area contributed by atoms with Crippen LogP contribution >= 0.6 is 15.9 Å². The summed E-state index contributed by atoms with van der Waals surface area (Å²) in [7, 11) is 0. The molecule has 0 radical (unpaired) electrons. The van der Waals surface area contributed by atoms with Crippen LogP contribution < -0.4 is 0 Å². The maximum absolute atomic E-state index is 11.9. The van der Waals surface area contributed by atoms with Crippen LogP contribution in [0.4, 0.5) is 0 Å². The van der Waals surface area contributed by atoms with Crippen molar-refractivity contribution in [1.29, 1.82) is 0 Å². The van der Waals surface area contributed by atoms with Crippen molar-refractivity contribution in [3.8, 4) is 0 Å². The molecule has 2 atom stereocenters. The third-order valence-corrected chi connectivity index (χ3v) is 3.96. The van der Waals surface area contributed by atoms with Gasteiger partial charge in [0.25, 0.3) is 0 Å². The van der Waals surface area contributed by atoms with Gasteiger partial charge in [0.1, 0.15) is 0 Å². The number of esters is 1. The van der Waals surface area contributed by atoms with Gasteiger partial charge in [-0.25, -0.2) is 0 Å². The molecule has 0 bridgehead atoms. The number of ether oxygens (including phenoxy) is 1. The van der Waals surface area contributed by atoms with E-state index in [1.807, 2.05) is 32.0 Å². The molecule has 3 nitrogen and oxygen atoms in total. The van der Waals surface area contributed by atoms with Crippen LogP contribution in [-0.2, 0) is 9.53 Å². The Hall–Kier alpha value is -0.870. The molecular formula is C15H21BrO3. The van der Waals surface area contributed by atoms with Gasteiger partial charge in [-0.05, 0) is 37.5 Å². The molecule has 1 rings (SSSR count). The minimum atomic E-state index is -0.823. The number of rotatable bonds is 6. The average molecular weight is 329 g/mol. The summed E-state index contributed by atoms with van der Waals surface area (Å²) in [5.74, 6) is -0.826. The molecule has 0 fully saturated rings. The Balaban J connectivity index is 2.94. The summed E-state index contributed by atoms with van der Waals surface area (Å²) in [4.78, 5) is 11.9. The molecule has 0 aliphatic rings. The Kier molecular flexibility index (Phi) is 6.52. The third-order valence-electron chi connectivity index (χ3n) is 3.11. The lowest BCUT2D eigenvalue weighted by Crippen LogP contribution is -2.24. The molecule has 1 aromatic rings. The number of carbonyl (C=O) groups is 1. The maximum atomic E-state index is 11.9. The maximum Gasteiger partial charge on any atom is 0.311 e. The van der Waals surface area contributed by atoms with Crippen molar-refractivity contribution >= 4 is 21.9 Å². The number of halogens is 1. The summed E-state index contributed by atoms with van der Waals surface area (Å²) >= 11 is 3.44. The Bertz CT molecular complexity index is 431. The molecule has 2 unspecified atom stereocenters. The first kappa shape index (κ1) is 16.2. The average Bonchev–Trinajstić information content (AvgIpc) is 2.38. The highest BCUT2D eigenvalue weighted by Crippen LogP contribution is 2.29. The standard InChI is InChI=1S/C15H21BrO3/c1-4-6-12(15(18)19-5-2)14(17)11-8-7-10(3)13(16)9-11/h7-9,12,14,17H,4-6H2,1-3H3. The van der Waals surface area contributed by atoms with Gasteiger partial charge in [0.2, 0.25) is 0 Å². The highest BCUT2D eigenvalue weighted by molar-refractivity contribution is 9.10. The second kappa shape index (κ2) is 7.65. The zero-order chi connectivity index (χ0) is 14.4. The zero-order valence-electron chi connectivity index (χ0n) is 11.6. The largest absolute Gasteiger partial charge is 0.466 e. The van der Waals surface area contributed by atoms with Gasteiger partial charge in [0.05, 0.1) is 18.6 Å². The summed E-state index contributed by atoms with van der Waals surface area (Å²) in [6.07, 6.45) is 0.620. The number of carbonyl (C=O) groups excluding carboxylic acids is 1. The number of hydrogen-bond acceptors (Lipinski definition) is 3. The van der Waals surface area contributed by atoms with Gasteiger partial charge < -0.3 is 9.84 Å². The van der Waals surface area contributed by atoms with Crippen LogP contribution in [0.3, 0.4) is 0 Å². The Morgan fingerprint density at radius 1 is 1.42 bits per heavy atom. The monoisotopic (exact) mass is 328 g/mol. The van der Waals surface area contributed by atoms with E-state index in [0.29, 0.717) is 13.0 Å². The number of aliphatic hydroxyl groups is 1. The van der Waals surface area contributed by atoms with Crippen LogP contribution in [0.5, 0.6) is 0 Å². The fourth-order valence-electron chi connectivity index (χ4n) is 1.99. The summed E-state index contributed by atoms with van der Waals surface area (Å²) < 4.78 is 5.98. The molecule has 4 heteroatoms. The number of aryl methyl sites for hydroxylation is 1. The highest BCUT2D eigenvalue weighted by Gasteiger charge is 2.28. The van der Waals surface area contributed by atoms with Crippen LogP contribution in [-0.4, -0.2) is 17.7 Å². The van der Waals surface area contributed by atoms with E-state index in [2.05, 4.69) is 15.9 Å².